The first kappa shape index (κ1) is 15.5. The zero-order chi connectivity index (χ0) is 13.1. The van der Waals surface area contributed by atoms with Gasteiger partial charge in [0.15, 0.2) is 0 Å². The third kappa shape index (κ3) is 3.70. The molecule has 0 unspecified atom stereocenters. The van der Waals surface area contributed by atoms with E-state index in [0.29, 0.717) is 13.1 Å². The van der Waals surface area contributed by atoms with Crippen molar-refractivity contribution in [3.63, 3.8) is 0 Å². The molecular weight excluding hydrogens is 269 g/mol. The predicted molar refractivity (Wildman–Crippen MR) is 75.5 cm³/mol. The molecule has 5 nitrogen and oxygen atoms in total. The van der Waals surface area contributed by atoms with Crippen LogP contribution in [0.2, 0.25) is 0 Å². The predicted octanol–water partition coefficient (Wildman–Crippen LogP) is 2.24. The first-order chi connectivity index (χ1) is 8.60. The van der Waals surface area contributed by atoms with Crippen molar-refractivity contribution in [2.24, 2.45) is 7.05 Å². The summed E-state index contributed by atoms with van der Waals surface area (Å²) in [4.78, 5) is 0. The van der Waals surface area contributed by atoms with Crippen LogP contribution in [0.15, 0.2) is 12.3 Å². The lowest BCUT2D eigenvalue weighted by Gasteiger charge is -2.04. The molecule has 2 heterocycles. The van der Waals surface area contributed by atoms with Crippen molar-refractivity contribution in [3.8, 4) is 0 Å². The first-order valence-electron chi connectivity index (χ1n) is 5.93. The molecule has 0 aromatic carbocycles. The second kappa shape index (κ2) is 6.56. The molecular formula is C12H19ClFN5. The number of alkyl halides is 1. The van der Waals surface area contributed by atoms with E-state index in [1.807, 2.05) is 37.8 Å². The van der Waals surface area contributed by atoms with E-state index in [9.17, 15) is 4.39 Å². The molecule has 1 N–H and O–H groups in total. The summed E-state index contributed by atoms with van der Waals surface area (Å²) in [5.41, 5.74) is 3.91. The van der Waals surface area contributed by atoms with Crippen molar-refractivity contribution in [2.75, 3.05) is 12.0 Å². The van der Waals surface area contributed by atoms with Gasteiger partial charge in [0.1, 0.15) is 6.67 Å². The van der Waals surface area contributed by atoms with E-state index in [1.165, 1.54) is 0 Å². The maximum absolute atomic E-state index is 12.2. The van der Waals surface area contributed by atoms with Gasteiger partial charge in [0.25, 0.3) is 0 Å². The van der Waals surface area contributed by atoms with Crippen LogP contribution in [0.5, 0.6) is 0 Å². The molecule has 0 radical (unpaired) electrons. The molecule has 0 aliphatic heterocycles. The van der Waals surface area contributed by atoms with E-state index >= 15 is 0 Å². The van der Waals surface area contributed by atoms with E-state index in [4.69, 9.17) is 0 Å². The fraction of sp³-hybridized carbons (Fsp3) is 0.500. The Morgan fingerprint density at radius 3 is 2.63 bits per heavy atom. The fourth-order valence-corrected chi connectivity index (χ4v) is 1.91. The van der Waals surface area contributed by atoms with Crippen LogP contribution in [0.1, 0.15) is 17.1 Å². The van der Waals surface area contributed by atoms with Crippen LogP contribution in [0.3, 0.4) is 0 Å². The summed E-state index contributed by atoms with van der Waals surface area (Å²) in [6.45, 7) is 4.45. The Bertz CT molecular complexity index is 534. The maximum Gasteiger partial charge on any atom is 0.109 e. The van der Waals surface area contributed by atoms with Gasteiger partial charge in [0.2, 0.25) is 0 Å². The number of aromatic nitrogens is 4. The highest BCUT2D eigenvalue weighted by Crippen LogP contribution is 2.14. The monoisotopic (exact) mass is 287 g/mol. The van der Waals surface area contributed by atoms with Crippen LogP contribution >= 0.6 is 12.4 Å². The molecule has 0 spiro atoms. The van der Waals surface area contributed by atoms with Gasteiger partial charge in [0.05, 0.1) is 35.9 Å². The molecule has 106 valence electrons. The van der Waals surface area contributed by atoms with Gasteiger partial charge in [-0.15, -0.1) is 12.4 Å². The number of hydrogen-bond donors (Lipinski definition) is 1. The Balaban J connectivity index is 0.00000180. The zero-order valence-corrected chi connectivity index (χ0v) is 12.2. The van der Waals surface area contributed by atoms with Gasteiger partial charge in [-0.3, -0.25) is 9.36 Å². The third-order valence-corrected chi connectivity index (χ3v) is 2.82. The number of rotatable bonds is 5. The molecule has 2 rings (SSSR count). The number of nitrogens with one attached hydrogen (secondary N) is 1. The third-order valence-electron chi connectivity index (χ3n) is 2.82. The van der Waals surface area contributed by atoms with Crippen LogP contribution in [-0.2, 0) is 20.1 Å². The number of hydrogen-bond acceptors (Lipinski definition) is 3. The number of anilines is 1. The van der Waals surface area contributed by atoms with Crippen molar-refractivity contribution in [2.45, 2.75) is 26.9 Å². The molecule has 0 aliphatic carbocycles. The minimum atomic E-state index is -0.401. The van der Waals surface area contributed by atoms with E-state index < -0.39 is 6.67 Å². The average Bonchev–Trinajstić information content (AvgIpc) is 2.80. The lowest BCUT2D eigenvalue weighted by atomic mass is 10.3. The molecule has 2 aromatic heterocycles. The van der Waals surface area contributed by atoms with E-state index in [2.05, 4.69) is 15.5 Å². The van der Waals surface area contributed by atoms with E-state index in [-0.39, 0.29) is 12.4 Å². The van der Waals surface area contributed by atoms with Crippen LogP contribution in [0.25, 0.3) is 0 Å². The fourth-order valence-electron chi connectivity index (χ4n) is 1.91. The Kier molecular flexibility index (Phi) is 5.35. The molecule has 19 heavy (non-hydrogen) atoms. The van der Waals surface area contributed by atoms with Crippen molar-refractivity contribution < 1.29 is 4.39 Å². The summed E-state index contributed by atoms with van der Waals surface area (Å²) >= 11 is 0. The summed E-state index contributed by atoms with van der Waals surface area (Å²) in [6, 6.07) is 2.04. The summed E-state index contributed by atoms with van der Waals surface area (Å²) < 4.78 is 15.7. The highest BCUT2D eigenvalue weighted by Gasteiger charge is 2.06. The second-order valence-electron chi connectivity index (χ2n) is 4.33. The molecule has 0 saturated heterocycles. The normalized spacial score (nSPS) is 10.3. The van der Waals surface area contributed by atoms with Gasteiger partial charge in [-0.25, -0.2) is 4.39 Å². The summed E-state index contributed by atoms with van der Waals surface area (Å²) in [6.07, 6.45) is 1.83. The van der Waals surface area contributed by atoms with Crippen LogP contribution in [0, 0.1) is 13.8 Å². The van der Waals surface area contributed by atoms with Crippen molar-refractivity contribution in [1.29, 1.82) is 0 Å². The Hall–Kier alpha value is -1.56. The molecule has 0 fully saturated rings. The minimum Gasteiger partial charge on any atom is -0.377 e. The van der Waals surface area contributed by atoms with E-state index in [1.54, 1.807) is 4.68 Å². The molecule has 0 atom stereocenters. The summed E-state index contributed by atoms with van der Waals surface area (Å²) in [5.74, 6) is 0. The first-order valence-corrected chi connectivity index (χ1v) is 5.93. The largest absolute Gasteiger partial charge is 0.377 e. The zero-order valence-electron chi connectivity index (χ0n) is 11.4. The second-order valence-corrected chi connectivity index (χ2v) is 4.33. The standard InChI is InChI=1S/C12H18FN5.ClH/c1-9-6-11(17(3)15-9)7-14-12-8-18(5-4-13)16-10(12)2;/h6,8,14H,4-5,7H2,1-3H3;1H. The van der Waals surface area contributed by atoms with Crippen molar-refractivity contribution >= 4 is 18.1 Å². The average molecular weight is 288 g/mol. The number of halogens is 2. The molecule has 7 heteroatoms. The SMILES string of the molecule is Cc1cc(CNc2cn(CCF)nc2C)n(C)n1.Cl. The van der Waals surface area contributed by atoms with Gasteiger partial charge in [-0.05, 0) is 19.9 Å². The smallest absolute Gasteiger partial charge is 0.109 e. The molecule has 0 saturated carbocycles. The van der Waals surface area contributed by atoms with Gasteiger partial charge < -0.3 is 5.32 Å². The Morgan fingerprint density at radius 2 is 2.05 bits per heavy atom. The van der Waals surface area contributed by atoms with Gasteiger partial charge >= 0.3 is 0 Å². The molecule has 0 amide bonds. The quantitative estimate of drug-likeness (QED) is 0.917. The van der Waals surface area contributed by atoms with Gasteiger partial charge in [-0.1, -0.05) is 0 Å². The summed E-state index contributed by atoms with van der Waals surface area (Å²) in [5, 5.41) is 11.8. The Labute approximate surface area is 118 Å². The van der Waals surface area contributed by atoms with Crippen LogP contribution in [0.4, 0.5) is 10.1 Å². The lowest BCUT2D eigenvalue weighted by Crippen LogP contribution is -2.05. The molecule has 0 aliphatic rings. The number of aryl methyl sites for hydroxylation is 4. The summed E-state index contributed by atoms with van der Waals surface area (Å²) in [7, 11) is 1.92. The van der Waals surface area contributed by atoms with Gasteiger partial charge in [0, 0.05) is 13.2 Å². The van der Waals surface area contributed by atoms with Crippen molar-refractivity contribution in [1.82, 2.24) is 19.6 Å². The maximum atomic E-state index is 12.2. The lowest BCUT2D eigenvalue weighted by molar-refractivity contribution is 0.426. The van der Waals surface area contributed by atoms with Crippen molar-refractivity contribution in [3.05, 3.63) is 29.3 Å². The topological polar surface area (TPSA) is 47.7 Å². The highest BCUT2D eigenvalue weighted by molar-refractivity contribution is 5.85. The molecule has 2 aromatic rings. The van der Waals surface area contributed by atoms with Crippen LogP contribution < -0.4 is 5.32 Å². The minimum absolute atomic E-state index is 0. The highest BCUT2D eigenvalue weighted by atomic mass is 35.5. The number of nitrogens with zero attached hydrogens (tertiary/aromatic N) is 4. The molecule has 0 bridgehead atoms. The van der Waals surface area contributed by atoms with E-state index in [0.717, 1.165) is 22.8 Å². The van der Waals surface area contributed by atoms with Crippen LogP contribution in [-0.4, -0.2) is 26.2 Å². The van der Waals surface area contributed by atoms with Gasteiger partial charge in [-0.2, -0.15) is 10.2 Å². The Morgan fingerprint density at radius 1 is 1.32 bits per heavy atom.